The molecule has 8 heteroatoms. The van der Waals surface area contributed by atoms with Crippen LogP contribution in [0.25, 0.3) is 0 Å². The van der Waals surface area contributed by atoms with Gasteiger partial charge in [0.05, 0.1) is 37.5 Å². The Morgan fingerprint density at radius 3 is 2.31 bits per heavy atom. The molecule has 0 spiro atoms. The van der Waals surface area contributed by atoms with E-state index in [4.69, 9.17) is 14.2 Å². The van der Waals surface area contributed by atoms with Gasteiger partial charge in [0.1, 0.15) is 22.9 Å². The highest BCUT2D eigenvalue weighted by Gasteiger charge is 2.23. The fourth-order valence-corrected chi connectivity index (χ4v) is 4.20. The zero-order valence-corrected chi connectivity index (χ0v) is 24.2. The molecule has 1 aromatic heterocycles. The topological polar surface area (TPSA) is 65.8 Å². The van der Waals surface area contributed by atoms with Gasteiger partial charge in [0.25, 0.3) is 5.91 Å². The maximum Gasteiger partial charge on any atom is 0.272 e. The number of amides is 1. The number of nitrogens with zero attached hydrogens (tertiary/aromatic N) is 3. The van der Waals surface area contributed by atoms with Crippen LogP contribution >= 0.6 is 15.9 Å². The highest BCUT2D eigenvalue weighted by atomic mass is 79.9. The smallest absolute Gasteiger partial charge is 0.272 e. The molecule has 0 bridgehead atoms. The first-order valence-corrected chi connectivity index (χ1v) is 13.0. The van der Waals surface area contributed by atoms with E-state index < -0.39 is 0 Å². The zero-order chi connectivity index (χ0) is 26.8. The number of aryl methyl sites for hydroxylation is 1. The molecule has 7 nitrogen and oxygen atoms in total. The van der Waals surface area contributed by atoms with Crippen LogP contribution in [0.1, 0.15) is 67.8 Å². The molecule has 0 radical (unpaired) electrons. The lowest BCUT2D eigenvalue weighted by atomic mass is 10.1. The molecule has 1 heterocycles. The van der Waals surface area contributed by atoms with Gasteiger partial charge in [-0.3, -0.25) is 9.48 Å². The average Bonchev–Trinajstić information content (AvgIpc) is 3.28. The van der Waals surface area contributed by atoms with Gasteiger partial charge < -0.3 is 19.1 Å². The maximum atomic E-state index is 13.8. The van der Waals surface area contributed by atoms with E-state index in [0.29, 0.717) is 36.9 Å². The Kier molecular flexibility index (Phi) is 11.3. The first-order chi connectivity index (χ1) is 17.3. The SMILES string of the molecule is CC.CCOc1ccc(CN(Cc2ccc(OC)cc2OC)C(=O)c2cc(C(C)C)nn2C)cc1Br. The molecule has 0 saturated heterocycles. The lowest BCUT2D eigenvalue weighted by molar-refractivity contribution is 0.0717. The van der Waals surface area contributed by atoms with Gasteiger partial charge in [-0.1, -0.05) is 33.8 Å². The van der Waals surface area contributed by atoms with Crippen LogP contribution in [0.2, 0.25) is 0 Å². The molecule has 3 rings (SSSR count). The molecule has 1 amide bonds. The average molecular weight is 561 g/mol. The third-order valence-electron chi connectivity index (χ3n) is 5.52. The predicted molar refractivity (Wildman–Crippen MR) is 147 cm³/mol. The Hall–Kier alpha value is -3.00. The van der Waals surface area contributed by atoms with Crippen molar-refractivity contribution in [3.05, 3.63) is 69.5 Å². The van der Waals surface area contributed by atoms with Gasteiger partial charge in [-0.15, -0.1) is 0 Å². The predicted octanol–water partition coefficient (Wildman–Crippen LogP) is 6.59. The monoisotopic (exact) mass is 559 g/mol. The van der Waals surface area contributed by atoms with Crippen molar-refractivity contribution in [2.45, 2.75) is 53.6 Å². The second kappa shape index (κ2) is 13.9. The van der Waals surface area contributed by atoms with Crippen molar-refractivity contribution in [3.63, 3.8) is 0 Å². The highest BCUT2D eigenvalue weighted by molar-refractivity contribution is 9.10. The molecule has 196 valence electrons. The van der Waals surface area contributed by atoms with Gasteiger partial charge in [0, 0.05) is 25.2 Å². The van der Waals surface area contributed by atoms with Crippen LogP contribution in [0.3, 0.4) is 0 Å². The van der Waals surface area contributed by atoms with E-state index in [-0.39, 0.29) is 11.8 Å². The summed E-state index contributed by atoms with van der Waals surface area (Å²) in [7, 11) is 5.03. The molecule has 0 aliphatic carbocycles. The summed E-state index contributed by atoms with van der Waals surface area (Å²) in [5.41, 5.74) is 3.29. The lowest BCUT2D eigenvalue weighted by Crippen LogP contribution is -2.31. The van der Waals surface area contributed by atoms with E-state index in [1.54, 1.807) is 30.8 Å². The van der Waals surface area contributed by atoms with Crippen LogP contribution in [0.15, 0.2) is 46.9 Å². The van der Waals surface area contributed by atoms with Crippen LogP contribution in [-0.4, -0.2) is 41.4 Å². The minimum absolute atomic E-state index is 0.107. The fraction of sp³-hybridized carbons (Fsp3) is 0.429. The van der Waals surface area contributed by atoms with E-state index >= 15 is 0 Å². The van der Waals surface area contributed by atoms with Crippen LogP contribution in [0.5, 0.6) is 17.2 Å². The third kappa shape index (κ3) is 7.26. The van der Waals surface area contributed by atoms with E-state index in [2.05, 4.69) is 34.9 Å². The van der Waals surface area contributed by atoms with Crippen molar-refractivity contribution < 1.29 is 19.0 Å². The molecular formula is C28H38BrN3O4. The first-order valence-electron chi connectivity index (χ1n) is 12.2. The Labute approximate surface area is 223 Å². The van der Waals surface area contributed by atoms with Crippen LogP contribution < -0.4 is 14.2 Å². The highest BCUT2D eigenvalue weighted by Crippen LogP contribution is 2.29. The van der Waals surface area contributed by atoms with E-state index in [0.717, 1.165) is 27.0 Å². The zero-order valence-electron chi connectivity index (χ0n) is 22.6. The Morgan fingerprint density at radius 2 is 1.75 bits per heavy atom. The summed E-state index contributed by atoms with van der Waals surface area (Å²) in [6, 6.07) is 13.4. The molecule has 36 heavy (non-hydrogen) atoms. The summed E-state index contributed by atoms with van der Waals surface area (Å²) in [4.78, 5) is 15.5. The number of hydrogen-bond donors (Lipinski definition) is 0. The van der Waals surface area contributed by atoms with Crippen molar-refractivity contribution in [2.24, 2.45) is 7.05 Å². The molecular weight excluding hydrogens is 522 g/mol. The molecule has 0 fully saturated rings. The van der Waals surface area contributed by atoms with Gasteiger partial charge in [-0.2, -0.15) is 5.10 Å². The normalized spacial score (nSPS) is 10.5. The number of ether oxygens (including phenoxy) is 3. The molecule has 0 aliphatic heterocycles. The summed E-state index contributed by atoms with van der Waals surface area (Å²) in [6.07, 6.45) is 0. The molecule has 0 aliphatic rings. The molecule has 0 saturated carbocycles. The molecule has 3 aromatic rings. The second-order valence-electron chi connectivity index (χ2n) is 8.27. The van der Waals surface area contributed by atoms with Crippen LogP contribution in [0.4, 0.5) is 0 Å². The third-order valence-corrected chi connectivity index (χ3v) is 6.14. The van der Waals surface area contributed by atoms with Gasteiger partial charge in [0.15, 0.2) is 0 Å². The number of halogens is 1. The van der Waals surface area contributed by atoms with Gasteiger partial charge >= 0.3 is 0 Å². The first kappa shape index (κ1) is 29.2. The second-order valence-corrected chi connectivity index (χ2v) is 9.12. The van der Waals surface area contributed by atoms with Crippen molar-refractivity contribution in [3.8, 4) is 17.2 Å². The molecule has 0 N–H and O–H groups in total. The molecule has 2 aromatic carbocycles. The van der Waals surface area contributed by atoms with Gasteiger partial charge in [0.2, 0.25) is 0 Å². The Morgan fingerprint density at radius 1 is 1.03 bits per heavy atom. The number of aromatic nitrogens is 2. The van der Waals surface area contributed by atoms with Crippen molar-refractivity contribution in [2.75, 3.05) is 20.8 Å². The minimum Gasteiger partial charge on any atom is -0.497 e. The molecule has 0 unspecified atom stereocenters. The number of benzene rings is 2. The van der Waals surface area contributed by atoms with Crippen molar-refractivity contribution in [1.29, 1.82) is 0 Å². The summed E-state index contributed by atoms with van der Waals surface area (Å²) in [5, 5.41) is 4.53. The number of carbonyl (C=O) groups is 1. The largest absolute Gasteiger partial charge is 0.497 e. The van der Waals surface area contributed by atoms with E-state index in [1.807, 2.05) is 63.2 Å². The Bertz CT molecular complexity index is 1140. The van der Waals surface area contributed by atoms with E-state index in [1.165, 1.54) is 0 Å². The van der Waals surface area contributed by atoms with Gasteiger partial charge in [-0.05, 0) is 64.7 Å². The lowest BCUT2D eigenvalue weighted by Gasteiger charge is -2.24. The summed E-state index contributed by atoms with van der Waals surface area (Å²) in [6.45, 7) is 11.4. The van der Waals surface area contributed by atoms with Gasteiger partial charge in [-0.25, -0.2) is 0 Å². The summed E-state index contributed by atoms with van der Waals surface area (Å²) in [5.74, 6) is 2.25. The Balaban J connectivity index is 0.00000222. The standard InChI is InChI=1S/C26H32BrN3O4.C2H6/c1-7-34-24-11-8-18(12-21(24)27)15-30(16-19-9-10-20(32-5)13-25(19)33-6)26(31)23-14-22(17(2)3)28-29(23)4;1-2/h8-14,17H,7,15-16H2,1-6H3;1-2H3. The number of hydrogen-bond acceptors (Lipinski definition) is 5. The van der Waals surface area contributed by atoms with Crippen LogP contribution in [-0.2, 0) is 20.1 Å². The summed E-state index contributed by atoms with van der Waals surface area (Å²) < 4.78 is 19.1. The van der Waals surface area contributed by atoms with Crippen molar-refractivity contribution >= 4 is 21.8 Å². The number of rotatable bonds is 10. The van der Waals surface area contributed by atoms with Crippen LogP contribution in [0, 0.1) is 0 Å². The maximum absolute atomic E-state index is 13.8. The van der Waals surface area contributed by atoms with Crippen molar-refractivity contribution in [1.82, 2.24) is 14.7 Å². The quantitative estimate of drug-likeness (QED) is 0.280. The minimum atomic E-state index is -0.107. The van der Waals surface area contributed by atoms with E-state index in [9.17, 15) is 4.79 Å². The fourth-order valence-electron chi connectivity index (χ4n) is 3.66. The number of carbonyl (C=O) groups excluding carboxylic acids is 1. The molecule has 0 atom stereocenters. The summed E-state index contributed by atoms with van der Waals surface area (Å²) >= 11 is 3.58. The number of methoxy groups -OCH3 is 2.